The van der Waals surface area contributed by atoms with Gasteiger partial charge in [-0.05, 0) is 12.5 Å². The summed E-state index contributed by atoms with van der Waals surface area (Å²) < 4.78 is 26.7. The van der Waals surface area contributed by atoms with E-state index in [1.54, 1.807) is 6.92 Å². The number of ether oxygens (including phenoxy) is 2. The third kappa shape index (κ3) is 3.52. The minimum Gasteiger partial charge on any atom is -0.457 e. The lowest BCUT2D eigenvalue weighted by Gasteiger charge is -2.30. The molecule has 1 aromatic carbocycles. The number of halogens is 1. The number of benzene rings is 1. The second kappa shape index (κ2) is 7.37. The van der Waals surface area contributed by atoms with Crippen LogP contribution in [0.3, 0.4) is 0 Å². The average molecular weight is 401 g/mol. The highest BCUT2D eigenvalue weighted by atomic mass is 19.1. The number of nitrogens with zero attached hydrogens (tertiary/aromatic N) is 4. The van der Waals surface area contributed by atoms with Gasteiger partial charge in [-0.25, -0.2) is 4.98 Å². The lowest BCUT2D eigenvalue weighted by atomic mass is 9.97. The van der Waals surface area contributed by atoms with Crippen molar-refractivity contribution in [3.8, 4) is 0 Å². The van der Waals surface area contributed by atoms with Crippen LogP contribution in [-0.2, 0) is 20.7 Å². The van der Waals surface area contributed by atoms with E-state index in [1.807, 2.05) is 30.3 Å². The van der Waals surface area contributed by atoms with Crippen molar-refractivity contribution in [3.05, 3.63) is 48.3 Å². The number of aliphatic hydroxyl groups excluding tert-OH is 1. The molecule has 4 rings (SSSR count). The molecular weight excluding hydrogens is 381 g/mol. The molecule has 3 aromatic rings. The summed E-state index contributed by atoms with van der Waals surface area (Å²) >= 11 is 0. The number of carbonyl (C=O) groups is 1. The first kappa shape index (κ1) is 19.2. The molecule has 152 valence electrons. The van der Waals surface area contributed by atoms with Crippen molar-refractivity contribution in [2.24, 2.45) is 0 Å². The van der Waals surface area contributed by atoms with E-state index in [-0.39, 0.29) is 36.6 Å². The summed E-state index contributed by atoms with van der Waals surface area (Å²) in [5, 5.41) is 9.87. The van der Waals surface area contributed by atoms with Crippen molar-refractivity contribution in [2.45, 2.75) is 31.1 Å². The Morgan fingerprint density at radius 3 is 2.90 bits per heavy atom. The predicted molar refractivity (Wildman–Crippen MR) is 100 cm³/mol. The van der Waals surface area contributed by atoms with E-state index in [0.717, 1.165) is 5.56 Å². The van der Waals surface area contributed by atoms with Crippen LogP contribution in [-0.4, -0.2) is 55.5 Å². The number of anilines is 1. The summed E-state index contributed by atoms with van der Waals surface area (Å²) in [5.74, 6) is -0.561. The smallest absolute Gasteiger partial charge is 0.312 e. The first-order chi connectivity index (χ1) is 13.9. The number of nitrogens with two attached hydrogens (primary N) is 1. The zero-order chi connectivity index (χ0) is 20.6. The van der Waals surface area contributed by atoms with Crippen LogP contribution in [0.2, 0.25) is 0 Å². The number of aromatic nitrogens is 4. The molecule has 0 radical (unpaired) electrons. The Labute approximate surface area is 165 Å². The molecule has 0 aliphatic carbocycles. The van der Waals surface area contributed by atoms with Gasteiger partial charge < -0.3 is 24.9 Å². The van der Waals surface area contributed by atoms with E-state index in [0.29, 0.717) is 0 Å². The van der Waals surface area contributed by atoms with Gasteiger partial charge >= 0.3 is 12.0 Å². The van der Waals surface area contributed by atoms with Crippen molar-refractivity contribution in [1.29, 1.82) is 0 Å². The average Bonchev–Trinajstić information content (AvgIpc) is 3.25. The van der Waals surface area contributed by atoms with Gasteiger partial charge in [0.1, 0.15) is 11.1 Å². The van der Waals surface area contributed by atoms with Gasteiger partial charge in [0.25, 0.3) is 0 Å². The monoisotopic (exact) mass is 401 g/mol. The van der Waals surface area contributed by atoms with Gasteiger partial charge in [0.05, 0.1) is 32.0 Å². The molecule has 3 atom stereocenters. The number of fused-ring (bicyclic) bond motifs is 1. The van der Waals surface area contributed by atoms with Crippen LogP contribution in [0.1, 0.15) is 18.5 Å². The summed E-state index contributed by atoms with van der Waals surface area (Å²) in [6, 6.07) is 8.58. The molecule has 3 heterocycles. The van der Waals surface area contributed by atoms with Crippen LogP contribution >= 0.6 is 0 Å². The summed E-state index contributed by atoms with van der Waals surface area (Å²) in [6.45, 7) is 1.39. The SMILES string of the molecule is C[C@]1(CO)OC[C@@H](n2cnc3c(N)nc(F)nc32)[C@@H]1OC(=O)Cc1ccccc1. The molecule has 0 spiro atoms. The Morgan fingerprint density at radius 1 is 1.41 bits per heavy atom. The van der Waals surface area contributed by atoms with E-state index >= 15 is 0 Å². The van der Waals surface area contributed by atoms with Gasteiger partial charge in [0.2, 0.25) is 0 Å². The van der Waals surface area contributed by atoms with Crippen LogP contribution < -0.4 is 5.73 Å². The molecule has 0 amide bonds. The van der Waals surface area contributed by atoms with Crippen molar-refractivity contribution < 1.29 is 23.8 Å². The number of hydrogen-bond acceptors (Lipinski definition) is 8. The molecule has 0 bridgehead atoms. The van der Waals surface area contributed by atoms with Gasteiger partial charge in [0.15, 0.2) is 17.6 Å². The molecule has 0 saturated carbocycles. The molecular formula is C19H20FN5O4. The Balaban J connectivity index is 1.65. The maximum Gasteiger partial charge on any atom is 0.312 e. The Bertz CT molecular complexity index is 1040. The normalized spacial score (nSPS) is 24.1. The maximum atomic E-state index is 13.7. The maximum absolute atomic E-state index is 13.7. The number of esters is 1. The zero-order valence-electron chi connectivity index (χ0n) is 15.7. The molecule has 3 N–H and O–H groups in total. The number of nitrogen functional groups attached to an aromatic ring is 1. The highest BCUT2D eigenvalue weighted by molar-refractivity contribution is 5.81. The summed E-state index contributed by atoms with van der Waals surface area (Å²) in [6.07, 6.45) is -0.344. The predicted octanol–water partition coefficient (Wildman–Crippen LogP) is 1.02. The molecule has 1 aliphatic rings. The summed E-state index contributed by atoms with van der Waals surface area (Å²) in [4.78, 5) is 24.0. The second-order valence-corrected chi connectivity index (χ2v) is 7.12. The third-order valence-electron chi connectivity index (χ3n) is 5.08. The minimum atomic E-state index is -1.13. The van der Waals surface area contributed by atoms with Crippen LogP contribution in [0.15, 0.2) is 36.7 Å². The van der Waals surface area contributed by atoms with Crippen LogP contribution in [0, 0.1) is 6.08 Å². The van der Waals surface area contributed by atoms with Gasteiger partial charge in [-0.2, -0.15) is 14.4 Å². The second-order valence-electron chi connectivity index (χ2n) is 7.12. The quantitative estimate of drug-likeness (QED) is 0.480. The fraction of sp³-hybridized carbons (Fsp3) is 0.368. The number of aliphatic hydroxyl groups is 1. The van der Waals surface area contributed by atoms with Crippen molar-refractivity contribution in [3.63, 3.8) is 0 Å². The first-order valence-corrected chi connectivity index (χ1v) is 9.05. The van der Waals surface area contributed by atoms with Gasteiger partial charge in [-0.3, -0.25) is 4.79 Å². The van der Waals surface area contributed by atoms with E-state index in [2.05, 4.69) is 15.0 Å². The highest BCUT2D eigenvalue weighted by Crippen LogP contribution is 2.37. The van der Waals surface area contributed by atoms with Crippen molar-refractivity contribution in [2.75, 3.05) is 18.9 Å². The number of carbonyl (C=O) groups excluding carboxylic acids is 1. The number of rotatable bonds is 5. The van der Waals surface area contributed by atoms with Gasteiger partial charge in [-0.1, -0.05) is 30.3 Å². The molecule has 1 saturated heterocycles. The summed E-state index contributed by atoms with van der Waals surface area (Å²) in [7, 11) is 0. The molecule has 1 aliphatic heterocycles. The molecule has 1 fully saturated rings. The van der Waals surface area contributed by atoms with Crippen LogP contribution in [0.25, 0.3) is 11.2 Å². The largest absolute Gasteiger partial charge is 0.457 e. The Kier molecular flexibility index (Phi) is 4.89. The third-order valence-corrected chi connectivity index (χ3v) is 5.08. The molecule has 9 nitrogen and oxygen atoms in total. The van der Waals surface area contributed by atoms with E-state index < -0.39 is 29.8 Å². The van der Waals surface area contributed by atoms with E-state index in [1.165, 1.54) is 10.9 Å². The molecule has 0 unspecified atom stereocenters. The Morgan fingerprint density at radius 2 is 2.17 bits per heavy atom. The fourth-order valence-electron chi connectivity index (χ4n) is 3.52. The fourth-order valence-corrected chi connectivity index (χ4v) is 3.52. The standard InChI is InChI=1S/C19H20FN5O4/c1-19(9-26)15(29-13(27)7-11-5-3-2-4-6-11)12(8-28-19)25-10-22-14-16(21)23-18(20)24-17(14)25/h2-6,10,12,15,26H,7-9H2,1H3,(H2,21,23,24)/t12-,15+,19-/m1/s1. The lowest BCUT2D eigenvalue weighted by Crippen LogP contribution is -2.45. The van der Waals surface area contributed by atoms with E-state index in [9.17, 15) is 14.3 Å². The first-order valence-electron chi connectivity index (χ1n) is 9.05. The topological polar surface area (TPSA) is 125 Å². The van der Waals surface area contributed by atoms with Crippen molar-refractivity contribution >= 4 is 23.0 Å². The molecule has 2 aromatic heterocycles. The Hall–Kier alpha value is -3.11. The van der Waals surface area contributed by atoms with Crippen LogP contribution in [0.4, 0.5) is 10.2 Å². The minimum absolute atomic E-state index is 0.0694. The van der Waals surface area contributed by atoms with E-state index in [4.69, 9.17) is 15.2 Å². The molecule has 29 heavy (non-hydrogen) atoms. The van der Waals surface area contributed by atoms with Crippen LogP contribution in [0.5, 0.6) is 0 Å². The zero-order valence-corrected chi connectivity index (χ0v) is 15.7. The van der Waals surface area contributed by atoms with Gasteiger partial charge in [0, 0.05) is 0 Å². The number of imidazole rings is 1. The number of hydrogen-bond donors (Lipinski definition) is 2. The lowest BCUT2D eigenvalue weighted by molar-refractivity contribution is -0.161. The van der Waals surface area contributed by atoms with Gasteiger partial charge in [-0.15, -0.1) is 0 Å². The highest BCUT2D eigenvalue weighted by Gasteiger charge is 2.50. The summed E-state index contributed by atoms with van der Waals surface area (Å²) in [5.41, 5.74) is 5.79. The molecule has 10 heteroatoms. The van der Waals surface area contributed by atoms with Crippen molar-refractivity contribution in [1.82, 2.24) is 19.5 Å².